The van der Waals surface area contributed by atoms with Crippen molar-refractivity contribution in [3.8, 4) is 5.75 Å². The van der Waals surface area contributed by atoms with E-state index in [-0.39, 0.29) is 11.4 Å². The molecular weight excluding hydrogens is 376 g/mol. The van der Waals surface area contributed by atoms with E-state index in [9.17, 15) is 13.2 Å². The van der Waals surface area contributed by atoms with Crippen molar-refractivity contribution in [2.45, 2.75) is 18.7 Å². The minimum absolute atomic E-state index is 0.188. The number of sulfonamides is 1. The van der Waals surface area contributed by atoms with Gasteiger partial charge in [-0.15, -0.1) is 0 Å². The lowest BCUT2D eigenvalue weighted by Gasteiger charge is -2.19. The molecular formula is C18H21ClN2O4S. The monoisotopic (exact) mass is 396 g/mol. The normalized spacial score (nSPS) is 11.5. The number of nitrogens with one attached hydrogen (secondary N) is 1. The second-order valence-corrected chi connectivity index (χ2v) is 8.37. The zero-order chi connectivity index (χ0) is 19.5. The van der Waals surface area contributed by atoms with E-state index in [1.54, 1.807) is 31.2 Å². The van der Waals surface area contributed by atoms with Crippen molar-refractivity contribution in [2.75, 3.05) is 26.0 Å². The first-order valence-electron chi connectivity index (χ1n) is 7.82. The molecule has 0 saturated carbocycles. The van der Waals surface area contributed by atoms with Crippen LogP contribution in [-0.4, -0.2) is 39.3 Å². The topological polar surface area (TPSA) is 75.7 Å². The molecule has 0 unspecified atom stereocenters. The number of carbonyl (C=O) groups is 1. The summed E-state index contributed by atoms with van der Waals surface area (Å²) in [6.07, 6.45) is 0. The van der Waals surface area contributed by atoms with Crippen LogP contribution in [0.1, 0.15) is 11.1 Å². The lowest BCUT2D eigenvalue weighted by atomic mass is 10.2. The van der Waals surface area contributed by atoms with E-state index in [1.807, 2.05) is 13.0 Å². The summed E-state index contributed by atoms with van der Waals surface area (Å²) in [6, 6.07) is 9.97. The summed E-state index contributed by atoms with van der Waals surface area (Å²) in [5, 5.41) is 3.06. The first-order chi connectivity index (χ1) is 12.1. The van der Waals surface area contributed by atoms with Gasteiger partial charge in [-0.3, -0.25) is 4.79 Å². The molecule has 2 aromatic carbocycles. The van der Waals surface area contributed by atoms with Crippen LogP contribution in [0.4, 0.5) is 5.69 Å². The number of rotatable bonds is 6. The molecule has 26 heavy (non-hydrogen) atoms. The predicted molar refractivity (Wildman–Crippen MR) is 102 cm³/mol. The molecule has 0 atom stereocenters. The number of carbonyl (C=O) groups excluding carboxylic acids is 1. The standard InChI is InChI=1S/C18H21ClN2O4S/c1-12-5-6-13(2)17(9-12)26(23,24)21(3)11-18(22)20-15-10-14(19)7-8-16(15)25-4/h5-10H,11H2,1-4H3,(H,20,22). The van der Waals surface area contributed by atoms with Crippen LogP contribution in [0.15, 0.2) is 41.3 Å². The molecule has 0 aliphatic carbocycles. The van der Waals surface area contributed by atoms with Crippen molar-refractivity contribution in [1.29, 1.82) is 0 Å². The van der Waals surface area contributed by atoms with E-state index in [1.165, 1.54) is 20.2 Å². The average molecular weight is 397 g/mol. The number of aryl methyl sites for hydroxylation is 2. The number of nitrogens with zero attached hydrogens (tertiary/aromatic N) is 1. The SMILES string of the molecule is COc1ccc(Cl)cc1NC(=O)CN(C)S(=O)(=O)c1cc(C)ccc1C. The molecule has 0 saturated heterocycles. The van der Waals surface area contributed by atoms with Gasteiger partial charge < -0.3 is 10.1 Å². The summed E-state index contributed by atoms with van der Waals surface area (Å²) < 4.78 is 31.7. The van der Waals surface area contributed by atoms with Gasteiger partial charge in [-0.25, -0.2) is 8.42 Å². The average Bonchev–Trinajstić information content (AvgIpc) is 2.57. The number of amides is 1. The van der Waals surface area contributed by atoms with Gasteiger partial charge in [0, 0.05) is 12.1 Å². The van der Waals surface area contributed by atoms with Crippen LogP contribution in [0.25, 0.3) is 0 Å². The Morgan fingerprint density at radius 3 is 2.54 bits per heavy atom. The van der Waals surface area contributed by atoms with E-state index in [2.05, 4.69) is 5.32 Å². The molecule has 2 aromatic rings. The lowest BCUT2D eigenvalue weighted by molar-refractivity contribution is -0.116. The number of benzene rings is 2. The summed E-state index contributed by atoms with van der Waals surface area (Å²) in [4.78, 5) is 12.5. The Labute approximate surface area is 158 Å². The van der Waals surface area contributed by atoms with Crippen molar-refractivity contribution >= 4 is 33.2 Å². The van der Waals surface area contributed by atoms with Crippen LogP contribution in [0.2, 0.25) is 5.02 Å². The molecule has 0 spiro atoms. The molecule has 0 aliphatic heterocycles. The molecule has 0 radical (unpaired) electrons. The number of hydrogen-bond donors (Lipinski definition) is 1. The Kier molecular flexibility index (Phi) is 6.28. The van der Waals surface area contributed by atoms with Gasteiger partial charge in [-0.05, 0) is 49.2 Å². The Hall–Kier alpha value is -2.09. The second kappa shape index (κ2) is 8.07. The highest BCUT2D eigenvalue weighted by molar-refractivity contribution is 7.89. The Bertz CT molecular complexity index is 929. The van der Waals surface area contributed by atoms with Crippen LogP contribution in [0, 0.1) is 13.8 Å². The first-order valence-corrected chi connectivity index (χ1v) is 9.64. The molecule has 6 nitrogen and oxygen atoms in total. The minimum Gasteiger partial charge on any atom is -0.495 e. The van der Waals surface area contributed by atoms with Crippen molar-refractivity contribution in [3.05, 3.63) is 52.5 Å². The van der Waals surface area contributed by atoms with E-state index in [0.29, 0.717) is 22.0 Å². The summed E-state index contributed by atoms with van der Waals surface area (Å²) in [7, 11) is -0.953. The zero-order valence-corrected chi connectivity index (χ0v) is 16.6. The first kappa shape index (κ1) is 20.2. The van der Waals surface area contributed by atoms with Gasteiger partial charge in [0.25, 0.3) is 0 Å². The van der Waals surface area contributed by atoms with Gasteiger partial charge in [0.1, 0.15) is 5.75 Å². The van der Waals surface area contributed by atoms with E-state index >= 15 is 0 Å². The number of likely N-dealkylation sites (N-methyl/N-ethyl adjacent to an activating group) is 1. The maximum atomic E-state index is 12.8. The third kappa shape index (κ3) is 4.55. The number of methoxy groups -OCH3 is 1. The van der Waals surface area contributed by atoms with Crippen LogP contribution >= 0.6 is 11.6 Å². The van der Waals surface area contributed by atoms with Gasteiger partial charge in [0.05, 0.1) is 24.2 Å². The third-order valence-corrected chi connectivity index (χ3v) is 6.01. The fourth-order valence-corrected chi connectivity index (χ4v) is 4.01. The largest absolute Gasteiger partial charge is 0.495 e. The number of anilines is 1. The molecule has 0 heterocycles. The molecule has 0 bridgehead atoms. The minimum atomic E-state index is -3.79. The highest BCUT2D eigenvalue weighted by Gasteiger charge is 2.25. The van der Waals surface area contributed by atoms with E-state index in [4.69, 9.17) is 16.3 Å². The molecule has 0 fully saturated rings. The zero-order valence-electron chi connectivity index (χ0n) is 15.0. The number of hydrogen-bond acceptors (Lipinski definition) is 4. The summed E-state index contributed by atoms with van der Waals surface area (Å²) in [5.74, 6) is -0.0651. The predicted octanol–water partition coefficient (Wildman–Crippen LogP) is 3.22. The Morgan fingerprint density at radius 1 is 1.19 bits per heavy atom. The maximum Gasteiger partial charge on any atom is 0.243 e. The molecule has 8 heteroatoms. The Balaban J connectivity index is 2.18. The number of ether oxygens (including phenoxy) is 1. The Morgan fingerprint density at radius 2 is 1.88 bits per heavy atom. The fraction of sp³-hybridized carbons (Fsp3) is 0.278. The van der Waals surface area contributed by atoms with Crippen LogP contribution in [0.3, 0.4) is 0 Å². The molecule has 140 valence electrons. The van der Waals surface area contributed by atoms with E-state index in [0.717, 1.165) is 9.87 Å². The second-order valence-electron chi connectivity index (χ2n) is 5.92. The van der Waals surface area contributed by atoms with Crippen LogP contribution in [-0.2, 0) is 14.8 Å². The summed E-state index contributed by atoms with van der Waals surface area (Å²) in [6.45, 7) is 3.19. The maximum absolute atomic E-state index is 12.8. The summed E-state index contributed by atoms with van der Waals surface area (Å²) >= 11 is 5.93. The van der Waals surface area contributed by atoms with Gasteiger partial charge in [-0.2, -0.15) is 4.31 Å². The van der Waals surface area contributed by atoms with Gasteiger partial charge in [-0.1, -0.05) is 23.7 Å². The van der Waals surface area contributed by atoms with Gasteiger partial charge in [0.2, 0.25) is 15.9 Å². The molecule has 2 rings (SSSR count). The molecule has 1 amide bonds. The number of halogens is 1. The summed E-state index contributed by atoms with van der Waals surface area (Å²) in [5.41, 5.74) is 1.83. The van der Waals surface area contributed by atoms with E-state index < -0.39 is 15.9 Å². The van der Waals surface area contributed by atoms with Crippen molar-refractivity contribution in [1.82, 2.24) is 4.31 Å². The molecule has 1 N–H and O–H groups in total. The molecule has 0 aliphatic rings. The van der Waals surface area contributed by atoms with Crippen molar-refractivity contribution < 1.29 is 17.9 Å². The highest BCUT2D eigenvalue weighted by atomic mass is 35.5. The molecule has 0 aromatic heterocycles. The fourth-order valence-electron chi connectivity index (χ4n) is 2.41. The van der Waals surface area contributed by atoms with Crippen molar-refractivity contribution in [2.24, 2.45) is 0 Å². The van der Waals surface area contributed by atoms with Crippen LogP contribution in [0.5, 0.6) is 5.75 Å². The lowest BCUT2D eigenvalue weighted by Crippen LogP contribution is -2.35. The van der Waals surface area contributed by atoms with Gasteiger partial charge in [0.15, 0.2) is 0 Å². The van der Waals surface area contributed by atoms with Crippen LogP contribution < -0.4 is 10.1 Å². The van der Waals surface area contributed by atoms with Gasteiger partial charge >= 0.3 is 0 Å². The highest BCUT2D eigenvalue weighted by Crippen LogP contribution is 2.27. The smallest absolute Gasteiger partial charge is 0.243 e. The quantitative estimate of drug-likeness (QED) is 0.813. The van der Waals surface area contributed by atoms with Crippen molar-refractivity contribution in [3.63, 3.8) is 0 Å². The third-order valence-electron chi connectivity index (χ3n) is 3.83.